The number of ketones is 1. The van der Waals surface area contributed by atoms with Crippen molar-refractivity contribution in [2.75, 3.05) is 5.32 Å². The van der Waals surface area contributed by atoms with Crippen LogP contribution >= 0.6 is 11.8 Å². The minimum atomic E-state index is -0.310. The first-order valence-corrected chi connectivity index (χ1v) is 10.8. The Bertz CT molecular complexity index is 1180. The smallest absolute Gasteiger partial charge is 0.256 e. The molecule has 0 aliphatic rings. The summed E-state index contributed by atoms with van der Waals surface area (Å²) in [5.74, 6) is 0.346. The number of aromatic nitrogens is 1. The van der Waals surface area contributed by atoms with Crippen LogP contribution in [0.5, 0.6) is 0 Å². The molecule has 152 valence electrons. The summed E-state index contributed by atoms with van der Waals surface area (Å²) in [6, 6.07) is 27.5. The fraction of sp³-hybridized carbons (Fsp3) is 0.0385. The van der Waals surface area contributed by atoms with Gasteiger partial charge in [-0.25, -0.2) is 0 Å². The lowest BCUT2D eigenvalue weighted by molar-refractivity contribution is 0.0996. The van der Waals surface area contributed by atoms with E-state index in [0.717, 1.165) is 16.2 Å². The Kier molecular flexibility index (Phi) is 6.55. The molecule has 0 aliphatic carbocycles. The number of anilines is 1. The van der Waals surface area contributed by atoms with Gasteiger partial charge in [0.05, 0.1) is 5.56 Å². The number of pyridine rings is 1. The quantitative estimate of drug-likeness (QED) is 0.298. The maximum Gasteiger partial charge on any atom is 0.256 e. The van der Waals surface area contributed by atoms with Gasteiger partial charge in [0.15, 0.2) is 5.78 Å². The van der Waals surface area contributed by atoms with Crippen LogP contribution in [0.1, 0.15) is 31.8 Å². The molecule has 5 heteroatoms. The fourth-order valence-corrected chi connectivity index (χ4v) is 3.94. The number of hydrogen-bond donors (Lipinski definition) is 1. The van der Waals surface area contributed by atoms with Gasteiger partial charge in [-0.3, -0.25) is 14.6 Å². The Morgan fingerprint density at radius 2 is 1.48 bits per heavy atom. The zero-order chi connectivity index (χ0) is 21.5. The van der Waals surface area contributed by atoms with Gasteiger partial charge in [-0.1, -0.05) is 54.6 Å². The highest BCUT2D eigenvalue weighted by atomic mass is 32.2. The molecule has 1 N–H and O–H groups in total. The molecule has 0 saturated heterocycles. The van der Waals surface area contributed by atoms with Crippen LogP contribution in [-0.4, -0.2) is 16.7 Å². The number of carbonyl (C=O) groups excluding carboxylic acids is 2. The largest absolute Gasteiger partial charge is 0.322 e. The van der Waals surface area contributed by atoms with Crippen LogP contribution in [0, 0.1) is 0 Å². The van der Waals surface area contributed by atoms with Crippen molar-refractivity contribution < 1.29 is 9.59 Å². The van der Waals surface area contributed by atoms with Gasteiger partial charge in [0.1, 0.15) is 0 Å². The van der Waals surface area contributed by atoms with Gasteiger partial charge in [-0.2, -0.15) is 0 Å². The molecule has 0 spiro atoms. The molecule has 0 bridgehead atoms. The molecule has 4 rings (SSSR count). The van der Waals surface area contributed by atoms with Crippen LogP contribution < -0.4 is 5.32 Å². The number of carbonyl (C=O) groups is 2. The molecule has 4 nitrogen and oxygen atoms in total. The minimum Gasteiger partial charge on any atom is -0.322 e. The number of benzene rings is 3. The first-order valence-electron chi connectivity index (χ1n) is 9.82. The van der Waals surface area contributed by atoms with Crippen molar-refractivity contribution >= 4 is 29.1 Å². The molecular formula is C26H20N2O2S. The molecule has 0 radical (unpaired) electrons. The Hall–Kier alpha value is -3.70. The van der Waals surface area contributed by atoms with Gasteiger partial charge in [-0.05, 0) is 42.0 Å². The Morgan fingerprint density at radius 3 is 2.19 bits per heavy atom. The van der Waals surface area contributed by atoms with E-state index in [1.165, 1.54) is 0 Å². The van der Waals surface area contributed by atoms with E-state index in [1.807, 2.05) is 60.8 Å². The summed E-state index contributed by atoms with van der Waals surface area (Å²) in [5.41, 5.74) is 3.13. The fourth-order valence-electron chi connectivity index (χ4n) is 3.11. The van der Waals surface area contributed by atoms with Crippen LogP contribution in [0.25, 0.3) is 0 Å². The molecule has 0 atom stereocenters. The zero-order valence-corrected chi connectivity index (χ0v) is 17.5. The highest BCUT2D eigenvalue weighted by Gasteiger charge is 2.18. The Labute approximate surface area is 185 Å². The lowest BCUT2D eigenvalue weighted by atomic mass is 9.98. The maximum atomic E-state index is 12.9. The van der Waals surface area contributed by atoms with Gasteiger partial charge < -0.3 is 5.32 Å². The molecule has 1 aromatic heterocycles. The van der Waals surface area contributed by atoms with Crippen molar-refractivity contribution in [3.63, 3.8) is 0 Å². The topological polar surface area (TPSA) is 59.1 Å². The summed E-state index contributed by atoms with van der Waals surface area (Å²) in [6.07, 6.45) is 3.62. The monoisotopic (exact) mass is 424 g/mol. The molecular weight excluding hydrogens is 404 g/mol. The SMILES string of the molecule is O=C(Nc1ccc(SCc2cccnc2)cc1)c1ccccc1C(=O)c1ccccc1. The molecule has 0 aliphatic heterocycles. The molecule has 3 aromatic carbocycles. The standard InChI is InChI=1S/C26H20N2O2S/c29-25(20-8-2-1-3-9-20)23-10-4-5-11-24(23)26(30)28-21-12-14-22(15-13-21)31-18-19-7-6-16-27-17-19/h1-17H,18H2,(H,28,30). The molecule has 31 heavy (non-hydrogen) atoms. The molecule has 0 saturated carbocycles. The second kappa shape index (κ2) is 9.87. The predicted molar refractivity (Wildman–Crippen MR) is 125 cm³/mol. The van der Waals surface area contributed by atoms with Crippen molar-refractivity contribution in [1.82, 2.24) is 4.98 Å². The summed E-state index contributed by atoms with van der Waals surface area (Å²) >= 11 is 1.70. The molecule has 1 heterocycles. The third-order valence-corrected chi connectivity index (χ3v) is 5.78. The van der Waals surface area contributed by atoms with Crippen molar-refractivity contribution in [2.24, 2.45) is 0 Å². The second-order valence-electron chi connectivity index (χ2n) is 6.87. The van der Waals surface area contributed by atoms with E-state index in [9.17, 15) is 9.59 Å². The summed E-state index contributed by atoms with van der Waals surface area (Å²) < 4.78 is 0. The number of nitrogens with one attached hydrogen (secondary N) is 1. The van der Waals surface area contributed by atoms with E-state index in [2.05, 4.69) is 10.3 Å². The number of nitrogens with zero attached hydrogens (tertiary/aromatic N) is 1. The van der Waals surface area contributed by atoms with E-state index in [1.54, 1.807) is 54.4 Å². The molecule has 0 unspecified atom stereocenters. The Balaban J connectivity index is 1.44. The Morgan fingerprint density at radius 1 is 0.774 bits per heavy atom. The van der Waals surface area contributed by atoms with E-state index < -0.39 is 0 Å². The molecule has 1 amide bonds. The predicted octanol–water partition coefficient (Wildman–Crippen LogP) is 5.86. The number of rotatable bonds is 7. The summed E-state index contributed by atoms with van der Waals surface area (Å²) in [6.45, 7) is 0. The first kappa shape index (κ1) is 20.6. The average molecular weight is 425 g/mol. The molecule has 4 aromatic rings. The van der Waals surface area contributed by atoms with Gasteiger partial charge in [0, 0.05) is 39.9 Å². The maximum absolute atomic E-state index is 12.9. The van der Waals surface area contributed by atoms with E-state index >= 15 is 0 Å². The minimum absolute atomic E-state index is 0.173. The number of amides is 1. The third kappa shape index (κ3) is 5.27. The van der Waals surface area contributed by atoms with Crippen LogP contribution in [0.2, 0.25) is 0 Å². The molecule has 0 fully saturated rings. The van der Waals surface area contributed by atoms with E-state index in [0.29, 0.717) is 22.4 Å². The summed E-state index contributed by atoms with van der Waals surface area (Å²) in [5, 5.41) is 2.90. The van der Waals surface area contributed by atoms with Crippen LogP contribution in [0.4, 0.5) is 5.69 Å². The van der Waals surface area contributed by atoms with E-state index in [-0.39, 0.29) is 11.7 Å². The summed E-state index contributed by atoms with van der Waals surface area (Å²) in [4.78, 5) is 31.0. The van der Waals surface area contributed by atoms with Crippen LogP contribution in [-0.2, 0) is 5.75 Å². The van der Waals surface area contributed by atoms with Crippen molar-refractivity contribution in [2.45, 2.75) is 10.6 Å². The van der Waals surface area contributed by atoms with Crippen molar-refractivity contribution in [3.8, 4) is 0 Å². The lowest BCUT2D eigenvalue weighted by Crippen LogP contribution is -2.16. The number of hydrogen-bond acceptors (Lipinski definition) is 4. The van der Waals surface area contributed by atoms with Crippen LogP contribution in [0.3, 0.4) is 0 Å². The zero-order valence-electron chi connectivity index (χ0n) is 16.7. The summed E-state index contributed by atoms with van der Waals surface area (Å²) in [7, 11) is 0. The highest BCUT2D eigenvalue weighted by molar-refractivity contribution is 7.98. The average Bonchev–Trinajstić information content (AvgIpc) is 2.84. The second-order valence-corrected chi connectivity index (χ2v) is 7.92. The van der Waals surface area contributed by atoms with Crippen molar-refractivity contribution in [3.05, 3.63) is 126 Å². The van der Waals surface area contributed by atoms with E-state index in [4.69, 9.17) is 0 Å². The van der Waals surface area contributed by atoms with Gasteiger partial charge >= 0.3 is 0 Å². The normalized spacial score (nSPS) is 10.5. The highest BCUT2D eigenvalue weighted by Crippen LogP contribution is 2.24. The van der Waals surface area contributed by atoms with Crippen LogP contribution in [0.15, 0.2) is 108 Å². The third-order valence-electron chi connectivity index (χ3n) is 4.69. The number of thioether (sulfide) groups is 1. The van der Waals surface area contributed by atoms with Crippen molar-refractivity contribution in [1.29, 1.82) is 0 Å². The van der Waals surface area contributed by atoms with Gasteiger partial charge in [0.2, 0.25) is 0 Å². The van der Waals surface area contributed by atoms with Gasteiger partial charge in [0.25, 0.3) is 5.91 Å². The lowest BCUT2D eigenvalue weighted by Gasteiger charge is -2.10. The van der Waals surface area contributed by atoms with Gasteiger partial charge in [-0.15, -0.1) is 11.8 Å². The first-order chi connectivity index (χ1) is 15.2.